The van der Waals surface area contributed by atoms with Crippen LogP contribution in [-0.2, 0) is 0 Å². The second-order valence-corrected chi connectivity index (χ2v) is 4.49. The molecule has 1 heterocycles. The first-order valence-corrected chi connectivity index (χ1v) is 5.54. The molecule has 0 spiro atoms. The van der Waals surface area contributed by atoms with E-state index in [0.717, 1.165) is 11.9 Å². The van der Waals surface area contributed by atoms with Crippen molar-refractivity contribution in [3.8, 4) is 12.3 Å². The van der Waals surface area contributed by atoms with Crippen molar-refractivity contribution in [2.75, 3.05) is 11.9 Å². The van der Waals surface area contributed by atoms with E-state index in [2.05, 4.69) is 40.6 Å². The van der Waals surface area contributed by atoms with E-state index in [0.29, 0.717) is 6.04 Å². The van der Waals surface area contributed by atoms with E-state index >= 15 is 0 Å². The van der Waals surface area contributed by atoms with E-state index in [4.69, 9.17) is 6.42 Å². The minimum atomic E-state index is -0.0745. The van der Waals surface area contributed by atoms with Crippen LogP contribution >= 0.6 is 15.9 Å². The molecule has 0 aromatic carbocycles. The highest BCUT2D eigenvalue weighted by molar-refractivity contribution is 9.09. The Balaban J connectivity index is 2.68. The summed E-state index contributed by atoms with van der Waals surface area (Å²) in [7, 11) is 0. The molecule has 1 fully saturated rings. The standard InChI is InChI=1S/C10H16BrN/c1-4-10(2,3)12-7-5-6-9(12)8-11/h1,9H,5-8H2,2-3H3/t9-/m0/s1. The number of nitrogens with zero attached hydrogens (tertiary/aromatic N) is 1. The fourth-order valence-electron chi connectivity index (χ4n) is 1.81. The van der Waals surface area contributed by atoms with Crippen LogP contribution in [-0.4, -0.2) is 28.4 Å². The lowest BCUT2D eigenvalue weighted by molar-refractivity contribution is 0.167. The van der Waals surface area contributed by atoms with Crippen LogP contribution in [0.3, 0.4) is 0 Å². The first-order chi connectivity index (χ1) is 5.61. The lowest BCUT2D eigenvalue weighted by Crippen LogP contribution is -2.46. The summed E-state index contributed by atoms with van der Waals surface area (Å²) < 4.78 is 0. The minimum absolute atomic E-state index is 0.0745. The molecular formula is C10H16BrN. The summed E-state index contributed by atoms with van der Waals surface area (Å²) in [6.07, 6.45) is 8.05. The van der Waals surface area contributed by atoms with Gasteiger partial charge in [-0.15, -0.1) is 6.42 Å². The zero-order valence-corrected chi connectivity index (χ0v) is 9.39. The van der Waals surface area contributed by atoms with Gasteiger partial charge in [-0.1, -0.05) is 21.9 Å². The second-order valence-electron chi connectivity index (χ2n) is 3.85. The van der Waals surface area contributed by atoms with E-state index in [1.165, 1.54) is 12.8 Å². The maximum Gasteiger partial charge on any atom is 0.0768 e. The molecule has 1 aliphatic rings. The Morgan fingerprint density at radius 3 is 2.83 bits per heavy atom. The van der Waals surface area contributed by atoms with Crippen molar-refractivity contribution < 1.29 is 0 Å². The Hall–Kier alpha value is 0. The Morgan fingerprint density at radius 2 is 2.33 bits per heavy atom. The zero-order chi connectivity index (χ0) is 9.19. The summed E-state index contributed by atoms with van der Waals surface area (Å²) in [6, 6.07) is 0.635. The molecule has 12 heavy (non-hydrogen) atoms. The van der Waals surface area contributed by atoms with Crippen molar-refractivity contribution in [1.29, 1.82) is 0 Å². The van der Waals surface area contributed by atoms with Gasteiger partial charge in [0.1, 0.15) is 0 Å². The molecule has 1 saturated heterocycles. The molecule has 1 aliphatic heterocycles. The summed E-state index contributed by atoms with van der Waals surface area (Å²) in [5.74, 6) is 2.85. The number of halogens is 1. The summed E-state index contributed by atoms with van der Waals surface area (Å²) >= 11 is 3.53. The molecule has 0 saturated carbocycles. The van der Waals surface area contributed by atoms with Crippen molar-refractivity contribution in [2.24, 2.45) is 0 Å². The molecule has 0 radical (unpaired) electrons. The van der Waals surface area contributed by atoms with Gasteiger partial charge in [0.25, 0.3) is 0 Å². The highest BCUT2D eigenvalue weighted by atomic mass is 79.9. The summed E-state index contributed by atoms with van der Waals surface area (Å²) in [6.45, 7) is 5.38. The predicted octanol–water partition coefficient (Wildman–Crippen LogP) is 2.26. The van der Waals surface area contributed by atoms with Crippen LogP contribution in [0.1, 0.15) is 26.7 Å². The molecule has 0 unspecified atom stereocenters. The third-order valence-electron chi connectivity index (χ3n) is 2.63. The van der Waals surface area contributed by atoms with E-state index < -0.39 is 0 Å². The number of rotatable bonds is 2. The van der Waals surface area contributed by atoms with Crippen molar-refractivity contribution in [2.45, 2.75) is 38.3 Å². The quantitative estimate of drug-likeness (QED) is 0.519. The first-order valence-electron chi connectivity index (χ1n) is 4.42. The van der Waals surface area contributed by atoms with Crippen molar-refractivity contribution >= 4 is 15.9 Å². The highest BCUT2D eigenvalue weighted by Gasteiger charge is 2.33. The van der Waals surface area contributed by atoms with Gasteiger partial charge in [-0.05, 0) is 33.2 Å². The summed E-state index contributed by atoms with van der Waals surface area (Å²) in [5, 5.41) is 1.04. The molecule has 0 amide bonds. The molecule has 68 valence electrons. The topological polar surface area (TPSA) is 3.24 Å². The molecule has 1 rings (SSSR count). The Labute approximate surface area is 83.6 Å². The Morgan fingerprint density at radius 1 is 1.67 bits per heavy atom. The van der Waals surface area contributed by atoms with E-state index in [1.807, 2.05) is 0 Å². The van der Waals surface area contributed by atoms with Crippen LogP contribution in [0.4, 0.5) is 0 Å². The van der Waals surface area contributed by atoms with Gasteiger partial charge in [-0.3, -0.25) is 4.90 Å². The monoisotopic (exact) mass is 229 g/mol. The predicted molar refractivity (Wildman–Crippen MR) is 56.4 cm³/mol. The minimum Gasteiger partial charge on any atom is -0.284 e. The van der Waals surface area contributed by atoms with Crippen LogP contribution < -0.4 is 0 Å². The van der Waals surface area contributed by atoms with Gasteiger partial charge in [0, 0.05) is 11.4 Å². The average molecular weight is 230 g/mol. The van der Waals surface area contributed by atoms with Crippen LogP contribution in [0, 0.1) is 12.3 Å². The molecule has 2 heteroatoms. The molecule has 0 N–H and O–H groups in total. The molecule has 1 nitrogen and oxygen atoms in total. The fourth-order valence-corrected chi connectivity index (χ4v) is 2.49. The number of alkyl halides is 1. The van der Waals surface area contributed by atoms with Gasteiger partial charge in [0.05, 0.1) is 5.54 Å². The molecule has 0 aliphatic carbocycles. The van der Waals surface area contributed by atoms with Crippen molar-refractivity contribution in [3.63, 3.8) is 0 Å². The fraction of sp³-hybridized carbons (Fsp3) is 0.800. The van der Waals surface area contributed by atoms with Crippen LogP contribution in [0.5, 0.6) is 0 Å². The van der Waals surface area contributed by atoms with Gasteiger partial charge in [0.2, 0.25) is 0 Å². The lowest BCUT2D eigenvalue weighted by Gasteiger charge is -2.35. The molecule has 0 aromatic rings. The van der Waals surface area contributed by atoms with E-state index in [1.54, 1.807) is 0 Å². The van der Waals surface area contributed by atoms with Gasteiger partial charge in [-0.2, -0.15) is 0 Å². The largest absolute Gasteiger partial charge is 0.284 e. The van der Waals surface area contributed by atoms with Gasteiger partial charge >= 0.3 is 0 Å². The van der Waals surface area contributed by atoms with Gasteiger partial charge < -0.3 is 0 Å². The summed E-state index contributed by atoms with van der Waals surface area (Å²) in [5.41, 5.74) is -0.0745. The maximum atomic E-state index is 5.50. The van der Waals surface area contributed by atoms with E-state index in [9.17, 15) is 0 Å². The molecular weight excluding hydrogens is 214 g/mol. The SMILES string of the molecule is C#CC(C)(C)N1CCC[C@H]1CBr. The first kappa shape index (κ1) is 10.1. The number of likely N-dealkylation sites (tertiary alicyclic amines) is 1. The smallest absolute Gasteiger partial charge is 0.0768 e. The Kier molecular flexibility index (Phi) is 3.20. The lowest BCUT2D eigenvalue weighted by atomic mass is 10.0. The Bertz CT molecular complexity index is 193. The molecule has 0 bridgehead atoms. The number of terminal acetylenes is 1. The highest BCUT2D eigenvalue weighted by Crippen LogP contribution is 2.27. The maximum absolute atomic E-state index is 5.50. The second kappa shape index (κ2) is 3.81. The normalized spacial score (nSPS) is 25.7. The van der Waals surface area contributed by atoms with Crippen LogP contribution in [0.25, 0.3) is 0 Å². The molecule has 1 atom stereocenters. The van der Waals surface area contributed by atoms with Crippen molar-refractivity contribution in [3.05, 3.63) is 0 Å². The van der Waals surface area contributed by atoms with Crippen LogP contribution in [0.2, 0.25) is 0 Å². The van der Waals surface area contributed by atoms with Crippen LogP contribution in [0.15, 0.2) is 0 Å². The average Bonchev–Trinajstić information content (AvgIpc) is 2.52. The van der Waals surface area contributed by atoms with Gasteiger partial charge in [-0.25, -0.2) is 0 Å². The summed E-state index contributed by atoms with van der Waals surface area (Å²) in [4.78, 5) is 2.42. The van der Waals surface area contributed by atoms with E-state index in [-0.39, 0.29) is 5.54 Å². The zero-order valence-electron chi connectivity index (χ0n) is 7.81. The molecule has 0 aromatic heterocycles. The third kappa shape index (κ3) is 1.84. The number of hydrogen-bond acceptors (Lipinski definition) is 1. The third-order valence-corrected chi connectivity index (χ3v) is 3.37. The van der Waals surface area contributed by atoms with Gasteiger partial charge in [0.15, 0.2) is 0 Å². The van der Waals surface area contributed by atoms with Crippen molar-refractivity contribution in [1.82, 2.24) is 4.90 Å². The number of hydrogen-bond donors (Lipinski definition) is 0.